The molecule has 0 saturated heterocycles. The molecule has 0 heterocycles. The predicted molar refractivity (Wildman–Crippen MR) is 119 cm³/mol. The molecule has 0 aliphatic heterocycles. The first-order chi connectivity index (χ1) is 13.5. The van der Waals surface area contributed by atoms with Gasteiger partial charge >= 0.3 is 0 Å². The number of hydrogen-bond donors (Lipinski definition) is 1. The summed E-state index contributed by atoms with van der Waals surface area (Å²) in [5.41, 5.74) is 1.97. The third kappa shape index (κ3) is 7.36. The van der Waals surface area contributed by atoms with E-state index in [1.807, 2.05) is 18.2 Å². The average Bonchev–Trinajstić information content (AvgIpc) is 2.68. The molecule has 2 aromatic rings. The van der Waals surface area contributed by atoms with Gasteiger partial charge < -0.3 is 14.8 Å². The smallest absolute Gasteiger partial charge is 0.180 e. The highest BCUT2D eigenvalue weighted by Gasteiger charge is 2.13. The van der Waals surface area contributed by atoms with E-state index < -0.39 is 0 Å². The number of ether oxygens (including phenoxy) is 2. The summed E-state index contributed by atoms with van der Waals surface area (Å²) in [7, 11) is 1.61. The number of rotatable bonds is 12. The van der Waals surface area contributed by atoms with Gasteiger partial charge in [-0.15, -0.1) is 0 Å². The summed E-state index contributed by atoms with van der Waals surface area (Å²) in [6.07, 6.45) is 6.35. The second-order valence-electron chi connectivity index (χ2n) is 6.74. The zero-order valence-corrected chi connectivity index (χ0v) is 18.8. The number of hydrogen-bond acceptors (Lipinski definition) is 3. The van der Waals surface area contributed by atoms with Gasteiger partial charge in [-0.2, -0.15) is 0 Å². The van der Waals surface area contributed by atoms with Crippen molar-refractivity contribution in [3.63, 3.8) is 0 Å². The van der Waals surface area contributed by atoms with Crippen molar-refractivity contribution < 1.29 is 9.47 Å². The van der Waals surface area contributed by atoms with Crippen LogP contribution in [-0.2, 0) is 13.2 Å². The minimum Gasteiger partial charge on any atom is -0.493 e. The number of benzene rings is 2. The van der Waals surface area contributed by atoms with Gasteiger partial charge in [0.05, 0.1) is 22.2 Å². The van der Waals surface area contributed by atoms with Gasteiger partial charge in [0.25, 0.3) is 0 Å². The number of halogens is 3. The normalized spacial score (nSPS) is 10.9. The zero-order chi connectivity index (χ0) is 20.4. The van der Waals surface area contributed by atoms with E-state index in [0.29, 0.717) is 33.2 Å². The first-order valence-electron chi connectivity index (χ1n) is 9.69. The summed E-state index contributed by atoms with van der Waals surface area (Å²) < 4.78 is 11.4. The molecule has 154 valence electrons. The first-order valence-corrected chi connectivity index (χ1v) is 10.8. The lowest BCUT2D eigenvalue weighted by molar-refractivity contribution is 0.284. The van der Waals surface area contributed by atoms with Crippen LogP contribution >= 0.6 is 34.8 Å². The molecule has 1 N–H and O–H groups in total. The van der Waals surface area contributed by atoms with Gasteiger partial charge in [-0.1, -0.05) is 73.5 Å². The second kappa shape index (κ2) is 12.4. The van der Waals surface area contributed by atoms with Crippen LogP contribution in [-0.4, -0.2) is 13.7 Å². The molecule has 28 heavy (non-hydrogen) atoms. The van der Waals surface area contributed by atoms with Gasteiger partial charge in [0, 0.05) is 6.54 Å². The van der Waals surface area contributed by atoms with E-state index in [2.05, 4.69) is 12.2 Å². The lowest BCUT2D eigenvalue weighted by Crippen LogP contribution is -2.14. The maximum Gasteiger partial charge on any atom is 0.180 e. The van der Waals surface area contributed by atoms with E-state index in [-0.39, 0.29) is 0 Å². The van der Waals surface area contributed by atoms with Gasteiger partial charge in [0.15, 0.2) is 11.5 Å². The van der Waals surface area contributed by atoms with E-state index in [1.54, 1.807) is 19.2 Å². The molecule has 0 radical (unpaired) electrons. The van der Waals surface area contributed by atoms with Crippen LogP contribution in [0.15, 0.2) is 30.3 Å². The van der Waals surface area contributed by atoms with Crippen LogP contribution in [0.25, 0.3) is 0 Å². The standard InChI is InChI=1S/C22H28Cl3NO2/c1-3-4-5-6-7-10-26-14-17-12-20(25)22(21(13-17)27-2)28-15-16-8-9-18(23)19(24)11-16/h8-9,11-13,26H,3-7,10,14-15H2,1-2H3. The minimum atomic E-state index is 0.322. The lowest BCUT2D eigenvalue weighted by Gasteiger charge is -2.15. The second-order valence-corrected chi connectivity index (χ2v) is 7.96. The Morgan fingerprint density at radius 3 is 2.32 bits per heavy atom. The summed E-state index contributed by atoms with van der Waals surface area (Å²) >= 11 is 18.5. The van der Waals surface area contributed by atoms with Crippen molar-refractivity contribution >= 4 is 34.8 Å². The highest BCUT2D eigenvalue weighted by atomic mass is 35.5. The summed E-state index contributed by atoms with van der Waals surface area (Å²) in [6.45, 7) is 4.30. The Morgan fingerprint density at radius 1 is 0.857 bits per heavy atom. The monoisotopic (exact) mass is 443 g/mol. The Labute approximate surface area is 183 Å². The van der Waals surface area contributed by atoms with Crippen LogP contribution in [0.4, 0.5) is 0 Å². The summed E-state index contributed by atoms with van der Waals surface area (Å²) in [5.74, 6) is 1.14. The van der Waals surface area contributed by atoms with Crippen LogP contribution < -0.4 is 14.8 Å². The van der Waals surface area contributed by atoms with Crippen LogP contribution in [0.1, 0.15) is 50.2 Å². The summed E-state index contributed by atoms with van der Waals surface area (Å²) in [4.78, 5) is 0. The third-order valence-electron chi connectivity index (χ3n) is 4.44. The minimum absolute atomic E-state index is 0.322. The Balaban J connectivity index is 1.92. The maximum atomic E-state index is 6.45. The van der Waals surface area contributed by atoms with Crippen molar-refractivity contribution in [1.29, 1.82) is 0 Å². The van der Waals surface area contributed by atoms with Crippen molar-refractivity contribution in [3.8, 4) is 11.5 Å². The average molecular weight is 445 g/mol. The molecule has 3 nitrogen and oxygen atoms in total. The molecule has 0 unspecified atom stereocenters. The number of unbranched alkanes of at least 4 members (excludes halogenated alkanes) is 4. The molecule has 0 aliphatic rings. The molecular weight excluding hydrogens is 417 g/mol. The molecule has 2 aromatic carbocycles. The zero-order valence-electron chi connectivity index (χ0n) is 16.5. The van der Waals surface area contributed by atoms with Crippen LogP contribution in [0.2, 0.25) is 15.1 Å². The fraction of sp³-hybridized carbons (Fsp3) is 0.455. The van der Waals surface area contributed by atoms with Gasteiger partial charge in [-0.25, -0.2) is 0 Å². The summed E-state index contributed by atoms with van der Waals surface area (Å²) in [5, 5.41) is 5.00. The SMILES string of the molecule is CCCCCCCNCc1cc(Cl)c(OCc2ccc(Cl)c(Cl)c2)c(OC)c1. The van der Waals surface area contributed by atoms with Gasteiger partial charge in [0.1, 0.15) is 6.61 Å². The molecule has 0 saturated carbocycles. The Kier molecular flexibility index (Phi) is 10.3. The quantitative estimate of drug-likeness (QED) is 0.348. The van der Waals surface area contributed by atoms with Crippen LogP contribution in [0, 0.1) is 0 Å². The third-order valence-corrected chi connectivity index (χ3v) is 5.46. The van der Waals surface area contributed by atoms with E-state index in [9.17, 15) is 0 Å². The fourth-order valence-electron chi connectivity index (χ4n) is 2.89. The van der Waals surface area contributed by atoms with Crippen molar-refractivity contribution in [2.24, 2.45) is 0 Å². The van der Waals surface area contributed by atoms with Crippen LogP contribution in [0.3, 0.4) is 0 Å². The molecule has 0 amide bonds. The van der Waals surface area contributed by atoms with E-state index in [0.717, 1.165) is 24.2 Å². The number of nitrogens with one attached hydrogen (secondary N) is 1. The first kappa shape index (κ1) is 23.2. The van der Waals surface area contributed by atoms with Gasteiger partial charge in [-0.05, 0) is 48.4 Å². The van der Waals surface area contributed by atoms with Crippen LogP contribution in [0.5, 0.6) is 11.5 Å². The van der Waals surface area contributed by atoms with E-state index in [1.165, 1.54) is 32.1 Å². The van der Waals surface area contributed by atoms with Gasteiger partial charge in [-0.3, -0.25) is 0 Å². The van der Waals surface area contributed by atoms with Crippen molar-refractivity contribution in [2.75, 3.05) is 13.7 Å². The molecule has 2 rings (SSSR count). The van der Waals surface area contributed by atoms with E-state index >= 15 is 0 Å². The molecule has 0 spiro atoms. The molecule has 6 heteroatoms. The molecule has 0 fully saturated rings. The largest absolute Gasteiger partial charge is 0.493 e. The molecule has 0 bridgehead atoms. The molecule has 0 atom stereocenters. The van der Waals surface area contributed by atoms with E-state index in [4.69, 9.17) is 44.3 Å². The fourth-order valence-corrected chi connectivity index (χ4v) is 3.50. The lowest BCUT2D eigenvalue weighted by atomic mass is 10.1. The topological polar surface area (TPSA) is 30.5 Å². The molecular formula is C22H28Cl3NO2. The highest BCUT2D eigenvalue weighted by molar-refractivity contribution is 6.42. The maximum absolute atomic E-state index is 6.45. The Morgan fingerprint density at radius 2 is 1.61 bits per heavy atom. The van der Waals surface area contributed by atoms with Crippen molar-refractivity contribution in [2.45, 2.75) is 52.2 Å². The Hall–Kier alpha value is -1.13. The molecule has 0 aliphatic carbocycles. The Bertz CT molecular complexity index is 753. The van der Waals surface area contributed by atoms with Crippen molar-refractivity contribution in [3.05, 3.63) is 56.5 Å². The predicted octanol–water partition coefficient (Wildman–Crippen LogP) is 7.29. The molecule has 0 aromatic heterocycles. The summed E-state index contributed by atoms with van der Waals surface area (Å²) in [6, 6.07) is 9.27. The van der Waals surface area contributed by atoms with Crippen molar-refractivity contribution in [1.82, 2.24) is 5.32 Å². The van der Waals surface area contributed by atoms with Gasteiger partial charge in [0.2, 0.25) is 0 Å². The number of methoxy groups -OCH3 is 1. The highest BCUT2D eigenvalue weighted by Crippen LogP contribution is 2.37.